The zero-order valence-corrected chi connectivity index (χ0v) is 46.0. The molecule has 0 N–H and O–H groups in total. The molecule has 0 bridgehead atoms. The molecule has 17 aromatic carbocycles. The van der Waals surface area contributed by atoms with Gasteiger partial charge in [-0.05, 0) is 184 Å². The summed E-state index contributed by atoms with van der Waals surface area (Å²) in [6.07, 6.45) is 0. The normalized spacial score (nSPS) is 12.9. The maximum absolute atomic E-state index is 2.69. The van der Waals surface area contributed by atoms with E-state index in [1.54, 1.807) is 0 Å². The monoisotopic (exact) mass is 1070 g/mol. The molecule has 2 aliphatic rings. The molecule has 3 heteroatoms. The van der Waals surface area contributed by atoms with E-state index in [-0.39, 0.29) is 6.71 Å². The summed E-state index contributed by atoms with van der Waals surface area (Å²) in [6.45, 7) is -0.112. The average Bonchev–Trinajstić information content (AvgIpc) is 1.63. The fraction of sp³-hybridized carbons (Fsp3) is 0. The van der Waals surface area contributed by atoms with Crippen LogP contribution >= 0.6 is 0 Å². The van der Waals surface area contributed by atoms with Gasteiger partial charge in [-0.2, -0.15) is 0 Å². The van der Waals surface area contributed by atoms with Crippen molar-refractivity contribution >= 4 is 174 Å². The molecule has 2 aliphatic heterocycles. The summed E-state index contributed by atoms with van der Waals surface area (Å²) in [5.74, 6) is 0. The van der Waals surface area contributed by atoms with E-state index in [2.05, 4.69) is 282 Å². The molecule has 0 unspecified atom stereocenters. The minimum absolute atomic E-state index is 0.112. The van der Waals surface area contributed by atoms with E-state index in [0.717, 1.165) is 0 Å². The summed E-state index contributed by atoms with van der Waals surface area (Å²) in [4.78, 5) is 0. The minimum Gasteiger partial charge on any atom is -0.310 e. The Balaban J connectivity index is 0.969. The van der Waals surface area contributed by atoms with Crippen molar-refractivity contribution in [2.75, 3.05) is 0 Å². The Kier molecular flexibility index (Phi) is 8.38. The number of fused-ring (bicyclic) bond motifs is 30. The maximum atomic E-state index is 2.69. The van der Waals surface area contributed by atoms with Gasteiger partial charge in [0.05, 0.1) is 16.6 Å². The largest absolute Gasteiger partial charge is 0.310 e. The lowest BCUT2D eigenvalue weighted by Gasteiger charge is -2.34. The lowest BCUT2D eigenvalue weighted by molar-refractivity contribution is 1.14. The highest BCUT2D eigenvalue weighted by molar-refractivity contribution is 7.00. The Bertz CT molecular complexity index is 6320. The van der Waals surface area contributed by atoms with Gasteiger partial charge in [-0.3, -0.25) is 0 Å². The second-order valence-corrected chi connectivity index (χ2v) is 24.1. The van der Waals surface area contributed by atoms with Crippen LogP contribution in [0.3, 0.4) is 0 Å². The van der Waals surface area contributed by atoms with Gasteiger partial charge < -0.3 is 9.13 Å². The molecule has 0 spiro atoms. The van der Waals surface area contributed by atoms with Gasteiger partial charge in [0.2, 0.25) is 0 Å². The van der Waals surface area contributed by atoms with E-state index in [1.165, 1.54) is 201 Å². The molecule has 0 amide bonds. The van der Waals surface area contributed by atoms with Crippen molar-refractivity contribution in [1.82, 2.24) is 9.13 Å². The zero-order chi connectivity index (χ0) is 54.9. The number of hydrogen-bond acceptors (Lipinski definition) is 0. The highest BCUT2D eigenvalue weighted by atomic mass is 15.0. The van der Waals surface area contributed by atoms with Crippen LogP contribution in [0.4, 0.5) is 0 Å². The van der Waals surface area contributed by atoms with Crippen LogP contribution in [0, 0.1) is 0 Å². The number of benzene rings is 17. The maximum Gasteiger partial charge on any atom is 0.252 e. The fourth-order valence-electron chi connectivity index (χ4n) is 16.8. The first-order chi connectivity index (χ1) is 42.2. The Labute approximate surface area is 487 Å². The summed E-state index contributed by atoms with van der Waals surface area (Å²) >= 11 is 0. The molecule has 2 nitrogen and oxygen atoms in total. The molecular formula is C82H45BN2. The Hall–Kier alpha value is -11.0. The summed E-state index contributed by atoms with van der Waals surface area (Å²) < 4.78 is 5.34. The standard InChI is InChI=1S/C82H45BN2/c1-3-20-50-46(18-1)40-65(59-29-10-5-22-52(50)59)48-36-38-72-67(42-48)69-43-49(66-41-47-19-2-4-21-51(47)53-23-6-11-30-60(53)66)44-70-81(69)84(72)74-34-17-35-75-80(74)83(70)71-45-68-61-31-12-8-25-55(61)57-27-14-16-33-63(57)77(68)79-78-73(85(75)82(71)79)39-37-64-58-28-9-7-24-54(58)56-26-13-15-32-62(56)76(64)78/h1-45H. The summed E-state index contributed by atoms with van der Waals surface area (Å²) in [5.41, 5.74) is 16.5. The second-order valence-electron chi connectivity index (χ2n) is 24.1. The third-order valence-corrected chi connectivity index (χ3v) is 20.1. The van der Waals surface area contributed by atoms with Crippen molar-refractivity contribution in [1.29, 1.82) is 0 Å². The lowest BCUT2D eigenvalue weighted by atomic mass is 9.34. The first kappa shape index (κ1) is 44.6. The average molecular weight is 1070 g/mol. The number of nitrogens with zero attached hydrogens (tertiary/aromatic N) is 2. The Morgan fingerprint density at radius 2 is 0.635 bits per heavy atom. The summed E-state index contributed by atoms with van der Waals surface area (Å²) in [5, 5.41) is 30.8. The van der Waals surface area contributed by atoms with Gasteiger partial charge >= 0.3 is 0 Å². The molecule has 0 saturated carbocycles. The molecule has 0 radical (unpaired) electrons. The molecule has 2 aromatic heterocycles. The van der Waals surface area contributed by atoms with Gasteiger partial charge in [0.1, 0.15) is 0 Å². The van der Waals surface area contributed by atoms with Gasteiger partial charge in [-0.15, -0.1) is 0 Å². The van der Waals surface area contributed by atoms with Crippen molar-refractivity contribution < 1.29 is 0 Å². The minimum atomic E-state index is -0.112. The lowest BCUT2D eigenvalue weighted by Crippen LogP contribution is -2.59. The van der Waals surface area contributed by atoms with Crippen molar-refractivity contribution in [2.45, 2.75) is 0 Å². The first-order valence-corrected chi connectivity index (χ1v) is 29.9. The first-order valence-electron chi connectivity index (χ1n) is 29.9. The van der Waals surface area contributed by atoms with Crippen molar-refractivity contribution in [2.24, 2.45) is 0 Å². The van der Waals surface area contributed by atoms with Crippen LogP contribution in [0.15, 0.2) is 273 Å². The Morgan fingerprint density at radius 3 is 1.21 bits per heavy atom. The van der Waals surface area contributed by atoms with Crippen molar-refractivity contribution in [3.05, 3.63) is 273 Å². The molecular weight excluding hydrogens is 1020 g/mol. The van der Waals surface area contributed by atoms with Crippen LogP contribution in [0.2, 0.25) is 0 Å². The quantitative estimate of drug-likeness (QED) is 0.121. The van der Waals surface area contributed by atoms with Gasteiger partial charge in [0, 0.05) is 49.2 Å². The van der Waals surface area contributed by atoms with Crippen molar-refractivity contribution in [3.8, 4) is 33.6 Å². The summed E-state index contributed by atoms with van der Waals surface area (Å²) in [7, 11) is 0. The van der Waals surface area contributed by atoms with Gasteiger partial charge in [-0.25, -0.2) is 0 Å². The van der Waals surface area contributed by atoms with Crippen LogP contribution < -0.4 is 16.4 Å². The van der Waals surface area contributed by atoms with Crippen LogP contribution in [-0.4, -0.2) is 15.8 Å². The second kappa shape index (κ2) is 16.0. The van der Waals surface area contributed by atoms with Crippen LogP contribution in [0.5, 0.6) is 0 Å². The van der Waals surface area contributed by atoms with E-state index in [4.69, 9.17) is 0 Å². The van der Waals surface area contributed by atoms with Gasteiger partial charge in [0.25, 0.3) is 6.71 Å². The SMILES string of the molecule is c1cc2c3c(c1)-n1c4ccc5c6ccccc6c6ccccc6c5c4c4c5c6ccccc6c6ccccc6c5cc(c41)B3c1cc(-c3cc4ccccc4c4ccccc34)cc3c4cc(-c5cc6ccccc6c6ccccc56)ccc4n-2c13. The zero-order valence-electron chi connectivity index (χ0n) is 46.0. The molecule has 0 saturated heterocycles. The number of rotatable bonds is 2. The molecule has 0 atom stereocenters. The Morgan fingerprint density at radius 1 is 0.224 bits per heavy atom. The molecule has 0 fully saturated rings. The molecule has 19 aromatic rings. The van der Waals surface area contributed by atoms with E-state index in [9.17, 15) is 0 Å². The predicted octanol–water partition coefficient (Wildman–Crippen LogP) is 19.9. The topological polar surface area (TPSA) is 9.86 Å². The number of aromatic nitrogens is 2. The summed E-state index contributed by atoms with van der Waals surface area (Å²) in [6, 6.07) is 104. The van der Waals surface area contributed by atoms with Crippen LogP contribution in [0.25, 0.3) is 185 Å². The van der Waals surface area contributed by atoms with E-state index >= 15 is 0 Å². The highest BCUT2D eigenvalue weighted by Crippen LogP contribution is 2.50. The third-order valence-electron chi connectivity index (χ3n) is 20.1. The molecule has 4 heterocycles. The molecule has 386 valence electrons. The molecule has 21 rings (SSSR count). The van der Waals surface area contributed by atoms with Crippen molar-refractivity contribution in [3.63, 3.8) is 0 Å². The third kappa shape index (κ3) is 5.57. The van der Waals surface area contributed by atoms with Crippen LogP contribution in [-0.2, 0) is 0 Å². The van der Waals surface area contributed by atoms with Crippen LogP contribution in [0.1, 0.15) is 0 Å². The predicted molar refractivity (Wildman–Crippen MR) is 366 cm³/mol. The van der Waals surface area contributed by atoms with Gasteiger partial charge in [0.15, 0.2) is 0 Å². The molecule has 85 heavy (non-hydrogen) atoms. The van der Waals surface area contributed by atoms with E-state index < -0.39 is 0 Å². The molecule has 0 aliphatic carbocycles. The highest BCUT2D eigenvalue weighted by Gasteiger charge is 2.42. The fourth-order valence-corrected chi connectivity index (χ4v) is 16.8. The smallest absolute Gasteiger partial charge is 0.252 e. The van der Waals surface area contributed by atoms with Gasteiger partial charge in [-0.1, -0.05) is 224 Å². The number of hydrogen-bond donors (Lipinski definition) is 0. The van der Waals surface area contributed by atoms with E-state index in [0.29, 0.717) is 0 Å². The van der Waals surface area contributed by atoms with E-state index in [1.807, 2.05) is 0 Å².